The molecule has 0 radical (unpaired) electrons. The first kappa shape index (κ1) is 14.1. The zero-order chi connectivity index (χ0) is 13.9. The summed E-state index contributed by atoms with van der Waals surface area (Å²) in [5.41, 5.74) is 5.14. The molecule has 0 spiro atoms. The second kappa shape index (κ2) is 6.26. The summed E-state index contributed by atoms with van der Waals surface area (Å²) in [5.74, 6) is 0. The van der Waals surface area contributed by atoms with Crippen molar-refractivity contribution in [1.29, 1.82) is 0 Å². The van der Waals surface area contributed by atoms with E-state index in [1.54, 1.807) is 0 Å². The minimum Gasteiger partial charge on any atom is -0.0622 e. The first-order valence-electron chi connectivity index (χ1n) is 6.36. The first-order valence-corrected chi connectivity index (χ1v) is 8.52. The van der Waals surface area contributed by atoms with Crippen LogP contribution in [0.25, 0.3) is 22.3 Å². The summed E-state index contributed by atoms with van der Waals surface area (Å²) >= 11 is 4.83. The Morgan fingerprint density at radius 3 is 1.85 bits per heavy atom. The Morgan fingerprint density at radius 2 is 1.10 bits per heavy atom. The molecule has 0 aromatic heterocycles. The normalized spacial score (nSPS) is 10.5. The predicted octanol–water partition coefficient (Wildman–Crippen LogP) is 6.23. The van der Waals surface area contributed by atoms with Gasteiger partial charge in [-0.05, 0) is 73.5 Å². The van der Waals surface area contributed by atoms with Crippen LogP contribution in [0.1, 0.15) is 0 Å². The second-order valence-corrected chi connectivity index (χ2v) is 6.75. The van der Waals surface area contributed by atoms with Gasteiger partial charge in [-0.3, -0.25) is 0 Å². The average molecular weight is 482 g/mol. The van der Waals surface area contributed by atoms with Gasteiger partial charge in [0.25, 0.3) is 0 Å². The van der Waals surface area contributed by atoms with Crippen molar-refractivity contribution in [2.24, 2.45) is 0 Å². The number of halogens is 2. The van der Waals surface area contributed by atoms with Gasteiger partial charge in [-0.1, -0.05) is 66.7 Å². The van der Waals surface area contributed by atoms with Crippen LogP contribution in [0.5, 0.6) is 0 Å². The second-order valence-electron chi connectivity index (χ2n) is 4.51. The molecule has 0 amide bonds. The lowest BCUT2D eigenvalue weighted by Gasteiger charge is -2.12. The van der Waals surface area contributed by atoms with Crippen molar-refractivity contribution < 1.29 is 0 Å². The van der Waals surface area contributed by atoms with E-state index >= 15 is 0 Å². The fourth-order valence-electron chi connectivity index (χ4n) is 2.30. The van der Waals surface area contributed by atoms with E-state index < -0.39 is 0 Å². The van der Waals surface area contributed by atoms with Crippen molar-refractivity contribution >= 4 is 45.2 Å². The van der Waals surface area contributed by atoms with Crippen LogP contribution in [-0.2, 0) is 0 Å². The van der Waals surface area contributed by atoms with Gasteiger partial charge in [-0.25, -0.2) is 0 Å². The van der Waals surface area contributed by atoms with Crippen molar-refractivity contribution in [1.82, 2.24) is 0 Å². The van der Waals surface area contributed by atoms with Crippen LogP contribution in [-0.4, -0.2) is 0 Å². The molecule has 0 aliphatic carbocycles. The molecular weight excluding hydrogens is 470 g/mol. The van der Waals surface area contributed by atoms with Gasteiger partial charge in [-0.15, -0.1) is 0 Å². The lowest BCUT2D eigenvalue weighted by Crippen LogP contribution is -1.89. The van der Waals surface area contributed by atoms with Crippen molar-refractivity contribution in [3.05, 3.63) is 79.9 Å². The first-order chi connectivity index (χ1) is 9.77. The van der Waals surface area contributed by atoms with Gasteiger partial charge >= 0.3 is 0 Å². The molecule has 20 heavy (non-hydrogen) atoms. The van der Waals surface area contributed by atoms with Gasteiger partial charge in [0, 0.05) is 7.14 Å². The molecule has 98 valence electrons. The molecule has 0 aliphatic rings. The Morgan fingerprint density at radius 1 is 0.500 bits per heavy atom. The van der Waals surface area contributed by atoms with Crippen LogP contribution in [0.4, 0.5) is 0 Å². The molecule has 0 bridgehead atoms. The zero-order valence-electron chi connectivity index (χ0n) is 10.7. The average Bonchev–Trinajstić information content (AvgIpc) is 2.51. The maximum atomic E-state index is 2.44. The fraction of sp³-hybridized carbons (Fsp3) is 0. The van der Waals surface area contributed by atoms with E-state index in [1.807, 2.05) is 0 Å². The molecule has 3 aromatic carbocycles. The monoisotopic (exact) mass is 482 g/mol. The van der Waals surface area contributed by atoms with Crippen LogP contribution in [0.15, 0.2) is 72.8 Å². The summed E-state index contributed by atoms with van der Waals surface area (Å²) in [6.07, 6.45) is 0. The van der Waals surface area contributed by atoms with Crippen molar-refractivity contribution in [2.45, 2.75) is 0 Å². The van der Waals surface area contributed by atoms with Crippen LogP contribution in [0.2, 0.25) is 0 Å². The lowest BCUT2D eigenvalue weighted by atomic mass is 9.95. The maximum absolute atomic E-state index is 2.44. The Bertz CT molecular complexity index is 733. The van der Waals surface area contributed by atoms with Crippen molar-refractivity contribution in [2.75, 3.05) is 0 Å². The van der Waals surface area contributed by atoms with Crippen molar-refractivity contribution in [3.8, 4) is 22.3 Å². The number of benzene rings is 3. The van der Waals surface area contributed by atoms with Crippen LogP contribution < -0.4 is 0 Å². The molecule has 3 aromatic rings. The highest BCUT2D eigenvalue weighted by molar-refractivity contribution is 14.1. The molecular formula is C18H12I2. The SMILES string of the molecule is Ic1cccc(-c2ccccc2-c2ccccc2)c1I. The third-order valence-corrected chi connectivity index (χ3v) is 6.35. The number of rotatable bonds is 2. The third-order valence-electron chi connectivity index (χ3n) is 3.25. The van der Waals surface area contributed by atoms with Gasteiger partial charge in [0.05, 0.1) is 0 Å². The predicted molar refractivity (Wildman–Crippen MR) is 103 cm³/mol. The molecule has 0 N–H and O–H groups in total. The summed E-state index contributed by atoms with van der Waals surface area (Å²) in [4.78, 5) is 0. The van der Waals surface area contributed by atoms with Gasteiger partial charge in [-0.2, -0.15) is 0 Å². The molecule has 0 nitrogen and oxygen atoms in total. The molecule has 2 heteroatoms. The van der Waals surface area contributed by atoms with Crippen LogP contribution in [0, 0.1) is 7.14 Å². The Balaban J connectivity index is 2.23. The summed E-state index contributed by atoms with van der Waals surface area (Å²) < 4.78 is 2.61. The summed E-state index contributed by atoms with van der Waals surface area (Å²) in [5, 5.41) is 0. The van der Waals surface area contributed by atoms with E-state index in [2.05, 4.69) is 118 Å². The third kappa shape index (κ3) is 2.76. The smallest absolute Gasteiger partial charge is 0.0342 e. The Labute approximate surface area is 146 Å². The minimum atomic E-state index is 1.26. The largest absolute Gasteiger partial charge is 0.0622 e. The fourth-order valence-corrected chi connectivity index (χ4v) is 3.45. The van der Waals surface area contributed by atoms with Crippen molar-refractivity contribution in [3.63, 3.8) is 0 Å². The summed E-state index contributed by atoms with van der Waals surface area (Å²) in [6, 6.07) is 25.7. The van der Waals surface area contributed by atoms with E-state index in [0.717, 1.165) is 0 Å². The molecule has 0 heterocycles. The summed E-state index contributed by atoms with van der Waals surface area (Å²) in [7, 11) is 0. The summed E-state index contributed by atoms with van der Waals surface area (Å²) in [6.45, 7) is 0. The van der Waals surface area contributed by atoms with Crippen LogP contribution >= 0.6 is 45.2 Å². The molecule has 0 aliphatic heterocycles. The highest BCUT2D eigenvalue weighted by Crippen LogP contribution is 2.35. The zero-order valence-corrected chi connectivity index (χ0v) is 15.0. The van der Waals surface area contributed by atoms with Crippen LogP contribution in [0.3, 0.4) is 0 Å². The molecule has 0 saturated carbocycles. The van der Waals surface area contributed by atoms with Gasteiger partial charge in [0.15, 0.2) is 0 Å². The number of hydrogen-bond acceptors (Lipinski definition) is 0. The number of hydrogen-bond donors (Lipinski definition) is 0. The topological polar surface area (TPSA) is 0 Å². The maximum Gasteiger partial charge on any atom is 0.0342 e. The molecule has 3 rings (SSSR count). The Hall–Kier alpha value is -0.880. The molecule has 0 fully saturated rings. The molecule has 0 atom stereocenters. The van der Waals surface area contributed by atoms with E-state index in [4.69, 9.17) is 0 Å². The standard InChI is InChI=1S/C18H12I2/c19-17-12-6-11-16(18(17)20)15-10-5-4-9-14(15)13-7-2-1-3-8-13/h1-12H. The molecule has 0 unspecified atom stereocenters. The minimum absolute atomic E-state index is 1.26. The van der Waals surface area contributed by atoms with Gasteiger partial charge in [0.2, 0.25) is 0 Å². The van der Waals surface area contributed by atoms with E-state index in [9.17, 15) is 0 Å². The van der Waals surface area contributed by atoms with E-state index in [-0.39, 0.29) is 0 Å². The van der Waals surface area contributed by atoms with Gasteiger partial charge in [0.1, 0.15) is 0 Å². The van der Waals surface area contributed by atoms with E-state index in [0.29, 0.717) is 0 Å². The lowest BCUT2D eigenvalue weighted by molar-refractivity contribution is 1.53. The van der Waals surface area contributed by atoms with Gasteiger partial charge < -0.3 is 0 Å². The highest BCUT2D eigenvalue weighted by atomic mass is 127. The highest BCUT2D eigenvalue weighted by Gasteiger charge is 2.10. The molecule has 0 saturated heterocycles. The van der Waals surface area contributed by atoms with E-state index in [1.165, 1.54) is 29.4 Å². The quantitative estimate of drug-likeness (QED) is 0.380. The Kier molecular flexibility index (Phi) is 4.41.